The van der Waals surface area contributed by atoms with Crippen molar-refractivity contribution in [1.29, 1.82) is 0 Å². The van der Waals surface area contributed by atoms with E-state index in [1.807, 2.05) is 13.8 Å². The second-order valence-electron chi connectivity index (χ2n) is 2.20. The summed E-state index contributed by atoms with van der Waals surface area (Å²) >= 11 is 0. The minimum absolute atomic E-state index is 0.847. The molecule has 1 unspecified atom stereocenters. The molecule has 0 saturated carbocycles. The van der Waals surface area contributed by atoms with E-state index in [-0.39, 0.29) is 0 Å². The van der Waals surface area contributed by atoms with Crippen LogP contribution in [0.3, 0.4) is 0 Å². The number of nitrogens with two attached hydrogens (primary N) is 1. The lowest BCUT2D eigenvalue weighted by molar-refractivity contribution is 0.587. The van der Waals surface area contributed by atoms with Crippen molar-refractivity contribution < 1.29 is 0 Å². The van der Waals surface area contributed by atoms with E-state index in [1.165, 1.54) is 32.9 Å². The van der Waals surface area contributed by atoms with Gasteiger partial charge in [0.15, 0.2) is 0 Å². The van der Waals surface area contributed by atoms with Crippen molar-refractivity contribution >= 4 is 0 Å². The van der Waals surface area contributed by atoms with Crippen molar-refractivity contribution in [3.8, 4) is 0 Å². The summed E-state index contributed by atoms with van der Waals surface area (Å²) in [6.45, 7) is 7.49. The van der Waals surface area contributed by atoms with Crippen LogP contribution in [0.1, 0.15) is 40.0 Å². The van der Waals surface area contributed by atoms with Gasteiger partial charge in [0, 0.05) is 6.04 Å². The van der Waals surface area contributed by atoms with Crippen LogP contribution in [0.5, 0.6) is 0 Å². The van der Waals surface area contributed by atoms with Crippen LogP contribution in [-0.4, -0.2) is 19.6 Å². The first kappa shape index (κ1) is 13.5. The molecule has 0 radical (unpaired) electrons. The molecule has 1 saturated heterocycles. The molecule has 11 heavy (non-hydrogen) atoms. The second-order valence-corrected chi connectivity index (χ2v) is 2.20. The Bertz CT molecular complexity index is 49.5. The van der Waals surface area contributed by atoms with E-state index in [0.717, 1.165) is 6.04 Å². The lowest BCUT2D eigenvalue weighted by atomic mass is 10.2. The van der Waals surface area contributed by atoms with Crippen LogP contribution in [0.25, 0.3) is 0 Å². The molecule has 1 aliphatic rings. The maximum Gasteiger partial charge on any atom is 0.00649 e. The standard InChI is InChI=1S/C6H13N.C2H6.CH5N/c1-2-6-4-3-5-7-6;2*1-2/h6-7H,2-5H2,1H3;1-2H3;2H2,1H3. The van der Waals surface area contributed by atoms with Gasteiger partial charge in [-0.1, -0.05) is 20.8 Å². The zero-order chi connectivity index (χ0) is 9.11. The molecule has 0 spiro atoms. The number of hydrogen-bond acceptors (Lipinski definition) is 2. The van der Waals surface area contributed by atoms with Crippen molar-refractivity contribution in [2.75, 3.05) is 13.6 Å². The lowest BCUT2D eigenvalue weighted by Crippen LogP contribution is -2.19. The average Bonchev–Trinajstić information content (AvgIpc) is 2.63. The van der Waals surface area contributed by atoms with Crippen LogP contribution in [0, 0.1) is 0 Å². The van der Waals surface area contributed by atoms with E-state index in [9.17, 15) is 0 Å². The lowest BCUT2D eigenvalue weighted by Gasteiger charge is -2.02. The largest absolute Gasteiger partial charge is 0.333 e. The molecule has 0 amide bonds. The molecular formula is C9H24N2. The van der Waals surface area contributed by atoms with Crippen LogP contribution < -0.4 is 11.1 Å². The van der Waals surface area contributed by atoms with Crippen molar-refractivity contribution in [2.24, 2.45) is 5.73 Å². The van der Waals surface area contributed by atoms with E-state index < -0.39 is 0 Å². The van der Waals surface area contributed by atoms with Gasteiger partial charge in [-0.25, -0.2) is 0 Å². The summed E-state index contributed by atoms with van der Waals surface area (Å²) in [5.74, 6) is 0. The Labute approximate surface area is 71.6 Å². The fourth-order valence-electron chi connectivity index (χ4n) is 1.11. The fraction of sp³-hybridized carbons (Fsp3) is 1.00. The van der Waals surface area contributed by atoms with Gasteiger partial charge in [0.05, 0.1) is 0 Å². The monoisotopic (exact) mass is 160 g/mol. The second kappa shape index (κ2) is 12.6. The summed E-state index contributed by atoms with van der Waals surface area (Å²) in [5.41, 5.74) is 4.50. The third kappa shape index (κ3) is 7.82. The topological polar surface area (TPSA) is 38.0 Å². The smallest absolute Gasteiger partial charge is 0.00649 e. The minimum atomic E-state index is 0.847. The molecule has 0 aromatic heterocycles. The molecule has 0 aromatic rings. The van der Waals surface area contributed by atoms with Gasteiger partial charge in [0.25, 0.3) is 0 Å². The third-order valence-electron chi connectivity index (χ3n) is 1.66. The molecule has 1 fully saturated rings. The van der Waals surface area contributed by atoms with Gasteiger partial charge in [0.2, 0.25) is 0 Å². The average molecular weight is 160 g/mol. The maximum absolute atomic E-state index is 4.50. The summed E-state index contributed by atoms with van der Waals surface area (Å²) in [7, 11) is 1.50. The minimum Gasteiger partial charge on any atom is -0.333 e. The highest BCUT2D eigenvalue weighted by Gasteiger charge is 2.09. The van der Waals surface area contributed by atoms with Crippen LogP contribution in [0.15, 0.2) is 0 Å². The summed E-state index contributed by atoms with van der Waals surface area (Å²) in [5, 5.41) is 3.41. The van der Waals surface area contributed by atoms with E-state index in [2.05, 4.69) is 18.0 Å². The summed E-state index contributed by atoms with van der Waals surface area (Å²) < 4.78 is 0. The Kier molecular flexibility index (Phi) is 15.4. The van der Waals surface area contributed by atoms with E-state index in [0.29, 0.717) is 0 Å². The molecule has 1 rings (SSSR count). The first-order chi connectivity index (χ1) is 5.43. The van der Waals surface area contributed by atoms with Crippen molar-refractivity contribution in [1.82, 2.24) is 5.32 Å². The summed E-state index contributed by atoms with van der Waals surface area (Å²) in [6.07, 6.45) is 4.09. The van der Waals surface area contributed by atoms with Crippen LogP contribution in [0.2, 0.25) is 0 Å². The van der Waals surface area contributed by atoms with Gasteiger partial charge < -0.3 is 11.1 Å². The van der Waals surface area contributed by atoms with Gasteiger partial charge in [-0.2, -0.15) is 0 Å². The van der Waals surface area contributed by atoms with Crippen molar-refractivity contribution in [2.45, 2.75) is 46.1 Å². The Morgan fingerprint density at radius 3 is 2.09 bits per heavy atom. The summed E-state index contributed by atoms with van der Waals surface area (Å²) in [6, 6.07) is 0.847. The molecule has 1 atom stereocenters. The molecule has 70 valence electrons. The van der Waals surface area contributed by atoms with Crippen LogP contribution in [-0.2, 0) is 0 Å². The van der Waals surface area contributed by atoms with Gasteiger partial charge >= 0.3 is 0 Å². The quantitative estimate of drug-likeness (QED) is 0.613. The highest BCUT2D eigenvalue weighted by molar-refractivity contribution is 4.71. The first-order valence-electron chi connectivity index (χ1n) is 4.74. The predicted molar refractivity (Wildman–Crippen MR) is 52.8 cm³/mol. The van der Waals surface area contributed by atoms with Gasteiger partial charge in [-0.15, -0.1) is 0 Å². The Balaban J connectivity index is 0. The SMILES string of the molecule is CC.CCC1CCCN1.CN. The fourth-order valence-corrected chi connectivity index (χ4v) is 1.11. The Morgan fingerprint density at radius 2 is 1.91 bits per heavy atom. The molecule has 2 heteroatoms. The van der Waals surface area contributed by atoms with Crippen LogP contribution >= 0.6 is 0 Å². The first-order valence-corrected chi connectivity index (χ1v) is 4.74. The molecule has 1 aliphatic heterocycles. The zero-order valence-electron chi connectivity index (χ0n) is 8.48. The zero-order valence-corrected chi connectivity index (χ0v) is 8.48. The number of rotatable bonds is 1. The molecule has 3 N–H and O–H groups in total. The number of nitrogens with one attached hydrogen (secondary N) is 1. The van der Waals surface area contributed by atoms with Gasteiger partial charge in [-0.05, 0) is 32.9 Å². The Hall–Kier alpha value is -0.0800. The highest BCUT2D eigenvalue weighted by atomic mass is 14.9. The van der Waals surface area contributed by atoms with Crippen molar-refractivity contribution in [3.63, 3.8) is 0 Å². The normalized spacial score (nSPS) is 21.0. The van der Waals surface area contributed by atoms with Gasteiger partial charge in [0.1, 0.15) is 0 Å². The maximum atomic E-state index is 4.50. The van der Waals surface area contributed by atoms with Crippen LogP contribution in [0.4, 0.5) is 0 Å². The highest BCUT2D eigenvalue weighted by Crippen LogP contribution is 2.06. The van der Waals surface area contributed by atoms with Crippen molar-refractivity contribution in [3.05, 3.63) is 0 Å². The molecule has 2 nitrogen and oxygen atoms in total. The van der Waals surface area contributed by atoms with Gasteiger partial charge in [-0.3, -0.25) is 0 Å². The molecule has 0 aromatic carbocycles. The van der Waals surface area contributed by atoms with E-state index >= 15 is 0 Å². The molecular weight excluding hydrogens is 136 g/mol. The summed E-state index contributed by atoms with van der Waals surface area (Å²) in [4.78, 5) is 0. The molecule has 0 bridgehead atoms. The molecule has 1 heterocycles. The van der Waals surface area contributed by atoms with E-state index in [4.69, 9.17) is 0 Å². The van der Waals surface area contributed by atoms with E-state index in [1.54, 1.807) is 0 Å². The Morgan fingerprint density at radius 1 is 1.36 bits per heavy atom. The molecule has 0 aliphatic carbocycles. The number of hydrogen-bond donors (Lipinski definition) is 2. The predicted octanol–water partition coefficient (Wildman–Crippen LogP) is 1.75. The third-order valence-corrected chi connectivity index (χ3v) is 1.66.